The third kappa shape index (κ3) is 5.17. The maximum absolute atomic E-state index is 11.1. The maximum atomic E-state index is 11.1. The number of benzene rings is 1. The molecular formula is C17H25NO2. The fourth-order valence-corrected chi connectivity index (χ4v) is 2.19. The number of carbonyl (C=O) groups excluding carboxylic acids is 1. The molecule has 0 heterocycles. The van der Waals surface area contributed by atoms with Gasteiger partial charge in [0.15, 0.2) is 0 Å². The van der Waals surface area contributed by atoms with Crippen molar-refractivity contribution in [1.82, 2.24) is 4.90 Å². The summed E-state index contributed by atoms with van der Waals surface area (Å²) >= 11 is 0. The van der Waals surface area contributed by atoms with E-state index in [4.69, 9.17) is 4.74 Å². The maximum Gasteiger partial charge on any atom is 0.308 e. The molecular weight excluding hydrogens is 250 g/mol. The molecule has 0 fully saturated rings. The van der Waals surface area contributed by atoms with Crippen molar-refractivity contribution < 1.29 is 9.53 Å². The van der Waals surface area contributed by atoms with Crippen molar-refractivity contribution in [2.75, 3.05) is 19.6 Å². The van der Waals surface area contributed by atoms with Crippen LogP contribution in [0.3, 0.4) is 0 Å². The Labute approximate surface area is 122 Å². The average molecular weight is 275 g/mol. The molecule has 0 saturated carbocycles. The second-order valence-electron chi connectivity index (χ2n) is 4.82. The third-order valence-corrected chi connectivity index (χ3v) is 3.37. The van der Waals surface area contributed by atoms with Crippen LogP contribution in [0.1, 0.15) is 39.2 Å². The molecule has 3 nitrogen and oxygen atoms in total. The molecule has 110 valence electrons. The minimum Gasteiger partial charge on any atom is -0.426 e. The summed E-state index contributed by atoms with van der Waals surface area (Å²) < 4.78 is 5.23. The Balaban J connectivity index is 2.61. The molecule has 0 aliphatic rings. The molecule has 0 saturated heterocycles. The Bertz CT molecular complexity index is 450. The van der Waals surface area contributed by atoms with Crippen molar-refractivity contribution in [3.05, 3.63) is 36.4 Å². The summed E-state index contributed by atoms with van der Waals surface area (Å²) in [5, 5.41) is 0. The van der Waals surface area contributed by atoms with Crippen molar-refractivity contribution in [3.8, 4) is 5.75 Å². The van der Waals surface area contributed by atoms with E-state index in [9.17, 15) is 4.79 Å². The van der Waals surface area contributed by atoms with Gasteiger partial charge in [0.25, 0.3) is 0 Å². The van der Waals surface area contributed by atoms with Gasteiger partial charge in [-0.15, -0.1) is 0 Å². The van der Waals surface area contributed by atoms with Crippen LogP contribution in [-0.2, 0) is 4.79 Å². The normalized spacial score (nSPS) is 10.6. The molecule has 3 heteroatoms. The SMILES string of the molecule is C=C(CCCN(CC)CC)c1ccccc1OC(C)=O. The summed E-state index contributed by atoms with van der Waals surface area (Å²) in [5.74, 6) is 0.307. The van der Waals surface area contributed by atoms with Gasteiger partial charge in [0.2, 0.25) is 0 Å². The standard InChI is InChI=1S/C17H25NO2/c1-5-18(6-2)13-9-10-14(3)16-11-7-8-12-17(16)20-15(4)19/h7-8,11-12H,3,5-6,9-10,13H2,1-2,4H3. The number of rotatable bonds is 8. The van der Waals surface area contributed by atoms with Gasteiger partial charge in [0, 0.05) is 12.5 Å². The van der Waals surface area contributed by atoms with Crippen LogP contribution in [0.5, 0.6) is 5.75 Å². The van der Waals surface area contributed by atoms with Gasteiger partial charge in [-0.25, -0.2) is 0 Å². The first kappa shape index (κ1) is 16.4. The summed E-state index contributed by atoms with van der Waals surface area (Å²) in [5.41, 5.74) is 1.95. The molecule has 0 aromatic heterocycles. The van der Waals surface area contributed by atoms with Gasteiger partial charge in [-0.3, -0.25) is 4.79 Å². The Hall–Kier alpha value is -1.61. The van der Waals surface area contributed by atoms with E-state index in [0.717, 1.165) is 43.6 Å². The molecule has 0 aliphatic heterocycles. The lowest BCUT2D eigenvalue weighted by Crippen LogP contribution is -2.23. The first-order valence-corrected chi connectivity index (χ1v) is 7.26. The smallest absolute Gasteiger partial charge is 0.308 e. The van der Waals surface area contributed by atoms with Crippen LogP contribution in [0.25, 0.3) is 5.57 Å². The van der Waals surface area contributed by atoms with Gasteiger partial charge in [-0.1, -0.05) is 38.6 Å². The lowest BCUT2D eigenvalue weighted by molar-refractivity contribution is -0.131. The zero-order chi connectivity index (χ0) is 15.0. The van der Waals surface area contributed by atoms with E-state index in [1.165, 1.54) is 6.92 Å². The number of esters is 1. The summed E-state index contributed by atoms with van der Waals surface area (Å²) in [7, 11) is 0. The summed E-state index contributed by atoms with van der Waals surface area (Å²) in [4.78, 5) is 13.5. The quantitative estimate of drug-likeness (QED) is 0.534. The van der Waals surface area contributed by atoms with Gasteiger partial charge in [0.05, 0.1) is 0 Å². The van der Waals surface area contributed by atoms with Crippen molar-refractivity contribution in [1.29, 1.82) is 0 Å². The van der Waals surface area contributed by atoms with E-state index in [1.54, 1.807) is 0 Å². The highest BCUT2D eigenvalue weighted by molar-refractivity contribution is 5.75. The lowest BCUT2D eigenvalue weighted by Gasteiger charge is -2.18. The number of allylic oxidation sites excluding steroid dienone is 1. The van der Waals surface area contributed by atoms with E-state index in [-0.39, 0.29) is 5.97 Å². The minimum atomic E-state index is -0.298. The van der Waals surface area contributed by atoms with Crippen LogP contribution in [0, 0.1) is 0 Å². The Morgan fingerprint density at radius 2 is 1.90 bits per heavy atom. The number of ether oxygens (including phenoxy) is 1. The van der Waals surface area contributed by atoms with Crippen molar-refractivity contribution in [2.45, 2.75) is 33.6 Å². The largest absolute Gasteiger partial charge is 0.426 e. The molecule has 0 bridgehead atoms. The fourth-order valence-electron chi connectivity index (χ4n) is 2.19. The van der Waals surface area contributed by atoms with E-state index in [2.05, 4.69) is 25.3 Å². The molecule has 0 unspecified atom stereocenters. The molecule has 0 atom stereocenters. The first-order chi connectivity index (χ1) is 9.58. The van der Waals surface area contributed by atoms with E-state index < -0.39 is 0 Å². The van der Waals surface area contributed by atoms with Gasteiger partial charge in [0.1, 0.15) is 5.75 Å². The van der Waals surface area contributed by atoms with E-state index in [0.29, 0.717) is 5.75 Å². The zero-order valence-corrected chi connectivity index (χ0v) is 12.8. The molecule has 0 radical (unpaired) electrons. The summed E-state index contributed by atoms with van der Waals surface area (Å²) in [6.07, 6.45) is 1.98. The monoisotopic (exact) mass is 275 g/mol. The lowest BCUT2D eigenvalue weighted by atomic mass is 10.0. The number of carbonyl (C=O) groups is 1. The number of hydrogen-bond donors (Lipinski definition) is 0. The number of para-hydroxylation sites is 1. The van der Waals surface area contributed by atoms with E-state index in [1.807, 2.05) is 24.3 Å². The van der Waals surface area contributed by atoms with E-state index >= 15 is 0 Å². The fraction of sp³-hybridized carbons (Fsp3) is 0.471. The predicted molar refractivity (Wildman–Crippen MR) is 83.8 cm³/mol. The van der Waals surface area contributed by atoms with Crippen LogP contribution in [0.4, 0.5) is 0 Å². The van der Waals surface area contributed by atoms with Crippen LogP contribution >= 0.6 is 0 Å². The minimum absolute atomic E-state index is 0.298. The average Bonchev–Trinajstić information content (AvgIpc) is 2.43. The highest BCUT2D eigenvalue weighted by atomic mass is 16.5. The summed E-state index contributed by atoms with van der Waals surface area (Å²) in [6, 6.07) is 7.58. The van der Waals surface area contributed by atoms with Crippen molar-refractivity contribution in [2.24, 2.45) is 0 Å². The summed E-state index contributed by atoms with van der Waals surface area (Å²) in [6.45, 7) is 13.1. The van der Waals surface area contributed by atoms with Gasteiger partial charge in [-0.2, -0.15) is 0 Å². The third-order valence-electron chi connectivity index (χ3n) is 3.37. The Morgan fingerprint density at radius 1 is 1.25 bits per heavy atom. The second kappa shape index (κ2) is 8.54. The van der Waals surface area contributed by atoms with Crippen LogP contribution < -0.4 is 4.74 Å². The number of nitrogens with zero attached hydrogens (tertiary/aromatic N) is 1. The van der Waals surface area contributed by atoms with Crippen molar-refractivity contribution in [3.63, 3.8) is 0 Å². The molecule has 1 aromatic rings. The second-order valence-corrected chi connectivity index (χ2v) is 4.82. The van der Waals surface area contributed by atoms with Crippen molar-refractivity contribution >= 4 is 11.5 Å². The molecule has 1 aromatic carbocycles. The van der Waals surface area contributed by atoms with Gasteiger partial charge >= 0.3 is 5.97 Å². The van der Waals surface area contributed by atoms with Crippen LogP contribution in [0.2, 0.25) is 0 Å². The highest BCUT2D eigenvalue weighted by Crippen LogP contribution is 2.27. The molecule has 0 spiro atoms. The van der Waals surface area contributed by atoms with Crippen LogP contribution in [-0.4, -0.2) is 30.5 Å². The van der Waals surface area contributed by atoms with Crippen LogP contribution in [0.15, 0.2) is 30.8 Å². The topological polar surface area (TPSA) is 29.5 Å². The molecule has 20 heavy (non-hydrogen) atoms. The predicted octanol–water partition coefficient (Wildman–Crippen LogP) is 3.75. The number of hydrogen-bond acceptors (Lipinski definition) is 3. The Kier molecular flexibility index (Phi) is 7.02. The first-order valence-electron chi connectivity index (χ1n) is 7.26. The molecule has 0 amide bonds. The Morgan fingerprint density at radius 3 is 2.50 bits per heavy atom. The molecule has 0 aliphatic carbocycles. The molecule has 0 N–H and O–H groups in total. The molecule has 1 rings (SSSR count). The van der Waals surface area contributed by atoms with Gasteiger partial charge < -0.3 is 9.64 Å². The highest BCUT2D eigenvalue weighted by Gasteiger charge is 2.09. The zero-order valence-electron chi connectivity index (χ0n) is 12.8. The van der Waals surface area contributed by atoms with Gasteiger partial charge in [-0.05, 0) is 44.1 Å².